The van der Waals surface area contributed by atoms with Gasteiger partial charge in [-0.15, -0.1) is 0 Å². The van der Waals surface area contributed by atoms with Gasteiger partial charge in [-0.05, 0) is 13.3 Å². The number of carbonyl (C=O) groups is 3. The van der Waals surface area contributed by atoms with Crippen molar-refractivity contribution in [3.8, 4) is 0 Å². The number of Topliss-reactive ketones (excluding diaryl/α,β-unsaturated/α-hetero) is 1. The van der Waals surface area contributed by atoms with Crippen LogP contribution in [0.15, 0.2) is 0 Å². The first kappa shape index (κ1) is 13.6. The minimum atomic E-state index is -0.757. The van der Waals surface area contributed by atoms with Gasteiger partial charge in [0.2, 0.25) is 11.7 Å². The Bertz CT molecular complexity index is 250. The summed E-state index contributed by atoms with van der Waals surface area (Å²) in [5.74, 6) is -1.01. The van der Waals surface area contributed by atoms with Gasteiger partial charge in [-0.3, -0.25) is 9.59 Å². The molecule has 1 fully saturated rings. The fourth-order valence-electron chi connectivity index (χ4n) is 1.02. The lowest BCUT2D eigenvalue weighted by molar-refractivity contribution is -0.152. The molecule has 0 atom stereocenters. The third kappa shape index (κ3) is 5.83. The van der Waals surface area contributed by atoms with Crippen molar-refractivity contribution in [1.29, 1.82) is 0 Å². The first-order valence-corrected chi connectivity index (χ1v) is 4.90. The standard InChI is InChI=1S/C5H9NO.C5H8O3/c1-6-4-2-3-5(6)7;1-3-8-5(7)4(2)6/h2-4H2,1H3;3H2,1-2H3. The van der Waals surface area contributed by atoms with Crippen molar-refractivity contribution < 1.29 is 19.1 Å². The molecule has 0 bridgehead atoms. The molecule has 1 aliphatic heterocycles. The first-order valence-electron chi connectivity index (χ1n) is 4.90. The molecule has 0 radical (unpaired) electrons. The molecule has 5 nitrogen and oxygen atoms in total. The zero-order chi connectivity index (χ0) is 11.8. The van der Waals surface area contributed by atoms with Crippen LogP contribution in [0.4, 0.5) is 0 Å². The maximum atomic E-state index is 10.5. The summed E-state index contributed by atoms with van der Waals surface area (Å²) in [4.78, 5) is 32.5. The smallest absolute Gasteiger partial charge is 0.374 e. The van der Waals surface area contributed by atoms with Gasteiger partial charge in [-0.25, -0.2) is 4.79 Å². The summed E-state index contributed by atoms with van der Waals surface area (Å²) in [6.07, 6.45) is 1.81. The van der Waals surface area contributed by atoms with Crippen LogP contribution in [0.2, 0.25) is 0 Å². The second-order valence-corrected chi connectivity index (χ2v) is 3.20. The summed E-state index contributed by atoms with van der Waals surface area (Å²) >= 11 is 0. The normalized spacial score (nSPS) is 14.3. The van der Waals surface area contributed by atoms with Crippen LogP contribution in [0, 0.1) is 0 Å². The van der Waals surface area contributed by atoms with Crippen LogP contribution in [0.5, 0.6) is 0 Å². The summed E-state index contributed by atoms with van der Waals surface area (Å²) < 4.78 is 4.31. The van der Waals surface area contributed by atoms with E-state index in [1.165, 1.54) is 6.92 Å². The van der Waals surface area contributed by atoms with Crippen molar-refractivity contribution in [2.45, 2.75) is 26.7 Å². The Morgan fingerprint density at radius 1 is 1.47 bits per heavy atom. The number of carbonyl (C=O) groups excluding carboxylic acids is 3. The van der Waals surface area contributed by atoms with Gasteiger partial charge in [0, 0.05) is 26.9 Å². The van der Waals surface area contributed by atoms with Crippen LogP contribution in [0.3, 0.4) is 0 Å². The van der Waals surface area contributed by atoms with E-state index >= 15 is 0 Å². The van der Waals surface area contributed by atoms with Gasteiger partial charge in [0.15, 0.2) is 0 Å². The number of hydrogen-bond acceptors (Lipinski definition) is 4. The van der Waals surface area contributed by atoms with Crippen molar-refractivity contribution >= 4 is 17.7 Å². The quantitative estimate of drug-likeness (QED) is 0.493. The molecule has 86 valence electrons. The number of nitrogens with zero attached hydrogens (tertiary/aromatic N) is 1. The number of ether oxygens (including phenoxy) is 1. The maximum absolute atomic E-state index is 10.5. The number of likely N-dealkylation sites (tertiary alicyclic amines) is 1. The fourth-order valence-corrected chi connectivity index (χ4v) is 1.02. The Labute approximate surface area is 89.4 Å². The third-order valence-electron chi connectivity index (χ3n) is 1.87. The van der Waals surface area contributed by atoms with Gasteiger partial charge < -0.3 is 9.64 Å². The number of amides is 1. The predicted molar refractivity (Wildman–Crippen MR) is 54.2 cm³/mol. The van der Waals surface area contributed by atoms with Crippen molar-refractivity contribution in [3.05, 3.63) is 0 Å². The zero-order valence-electron chi connectivity index (χ0n) is 9.41. The molecule has 0 aromatic rings. The molecule has 0 aromatic heterocycles. The van der Waals surface area contributed by atoms with E-state index in [0.717, 1.165) is 19.4 Å². The molecule has 0 unspecified atom stereocenters. The monoisotopic (exact) mass is 215 g/mol. The molecule has 5 heteroatoms. The number of rotatable bonds is 2. The van der Waals surface area contributed by atoms with E-state index in [9.17, 15) is 14.4 Å². The van der Waals surface area contributed by atoms with Crippen LogP contribution in [-0.4, -0.2) is 42.8 Å². The largest absolute Gasteiger partial charge is 0.460 e. The van der Waals surface area contributed by atoms with Gasteiger partial charge in [-0.2, -0.15) is 0 Å². The summed E-state index contributed by atoms with van der Waals surface area (Å²) in [5, 5.41) is 0. The highest BCUT2D eigenvalue weighted by atomic mass is 16.5. The van der Waals surface area contributed by atoms with Crippen molar-refractivity contribution in [3.63, 3.8) is 0 Å². The van der Waals surface area contributed by atoms with Crippen LogP contribution in [0.1, 0.15) is 26.7 Å². The molecular formula is C10H17NO4. The fraction of sp³-hybridized carbons (Fsp3) is 0.700. The Kier molecular flexibility index (Phi) is 6.33. The van der Waals surface area contributed by atoms with Crippen LogP contribution in [-0.2, 0) is 19.1 Å². The number of ketones is 1. The van der Waals surface area contributed by atoms with E-state index < -0.39 is 11.8 Å². The summed E-state index contributed by atoms with van der Waals surface area (Å²) in [6, 6.07) is 0. The summed E-state index contributed by atoms with van der Waals surface area (Å²) in [7, 11) is 1.84. The lowest BCUT2D eigenvalue weighted by Gasteiger charge is -2.03. The maximum Gasteiger partial charge on any atom is 0.374 e. The molecule has 1 saturated heterocycles. The van der Waals surface area contributed by atoms with Crippen LogP contribution in [0.25, 0.3) is 0 Å². The van der Waals surface area contributed by atoms with Gasteiger partial charge in [0.1, 0.15) is 0 Å². The summed E-state index contributed by atoms with van der Waals surface area (Å²) in [6.45, 7) is 4.05. The van der Waals surface area contributed by atoms with Gasteiger partial charge >= 0.3 is 5.97 Å². The van der Waals surface area contributed by atoms with E-state index in [2.05, 4.69) is 4.74 Å². The molecular weight excluding hydrogens is 198 g/mol. The van der Waals surface area contributed by atoms with Gasteiger partial charge in [0.05, 0.1) is 6.61 Å². The second-order valence-electron chi connectivity index (χ2n) is 3.20. The van der Waals surface area contributed by atoms with E-state index in [0.29, 0.717) is 5.91 Å². The molecule has 0 spiro atoms. The minimum absolute atomic E-state index is 0.262. The molecule has 1 amide bonds. The van der Waals surface area contributed by atoms with E-state index in [-0.39, 0.29) is 6.61 Å². The molecule has 0 aliphatic carbocycles. The number of esters is 1. The van der Waals surface area contributed by atoms with Crippen molar-refractivity contribution in [1.82, 2.24) is 4.90 Å². The van der Waals surface area contributed by atoms with Gasteiger partial charge in [0.25, 0.3) is 0 Å². The highest BCUT2D eigenvalue weighted by Gasteiger charge is 2.14. The lowest BCUT2D eigenvalue weighted by Crippen LogP contribution is -2.17. The Balaban J connectivity index is 0.000000262. The highest BCUT2D eigenvalue weighted by molar-refractivity contribution is 6.32. The molecule has 0 aromatic carbocycles. The van der Waals surface area contributed by atoms with Crippen molar-refractivity contribution in [2.24, 2.45) is 0 Å². The van der Waals surface area contributed by atoms with Crippen LogP contribution < -0.4 is 0 Å². The molecule has 0 saturated carbocycles. The van der Waals surface area contributed by atoms with Crippen molar-refractivity contribution in [2.75, 3.05) is 20.2 Å². The Hall–Kier alpha value is -1.39. The summed E-state index contributed by atoms with van der Waals surface area (Å²) in [5.41, 5.74) is 0. The Morgan fingerprint density at radius 2 is 2.07 bits per heavy atom. The lowest BCUT2D eigenvalue weighted by atomic mass is 10.4. The molecule has 0 N–H and O–H groups in total. The minimum Gasteiger partial charge on any atom is -0.460 e. The van der Waals surface area contributed by atoms with E-state index in [1.54, 1.807) is 11.8 Å². The first-order chi connectivity index (χ1) is 6.99. The molecule has 1 aliphatic rings. The molecule has 1 heterocycles. The SMILES string of the molecule is CCOC(=O)C(C)=O.CN1CCCC1=O. The third-order valence-corrected chi connectivity index (χ3v) is 1.87. The highest BCUT2D eigenvalue weighted by Crippen LogP contribution is 2.04. The Morgan fingerprint density at radius 3 is 2.20 bits per heavy atom. The van der Waals surface area contributed by atoms with E-state index in [4.69, 9.17) is 0 Å². The predicted octanol–water partition coefficient (Wildman–Crippen LogP) is 0.377. The van der Waals surface area contributed by atoms with Crippen LogP contribution >= 0.6 is 0 Å². The topological polar surface area (TPSA) is 63.7 Å². The zero-order valence-corrected chi connectivity index (χ0v) is 9.41. The van der Waals surface area contributed by atoms with Gasteiger partial charge in [-0.1, -0.05) is 0 Å². The number of hydrogen-bond donors (Lipinski definition) is 0. The average Bonchev–Trinajstić information content (AvgIpc) is 2.52. The average molecular weight is 215 g/mol. The van der Waals surface area contributed by atoms with E-state index in [1.807, 2.05) is 7.05 Å². The molecule has 1 rings (SSSR count). The molecule has 15 heavy (non-hydrogen) atoms. The second kappa shape index (κ2) is 6.98.